The first-order valence-electron chi connectivity index (χ1n) is 2.83. The van der Waals surface area contributed by atoms with Crippen molar-refractivity contribution >= 4 is 22.9 Å². The summed E-state index contributed by atoms with van der Waals surface area (Å²) in [4.78, 5) is 23.4. The fraction of sp³-hybridized carbons (Fsp3) is 0.333. The number of hydrogen-bond acceptors (Lipinski definition) is 3. The number of nitrogens with zero attached hydrogens (tertiary/aromatic N) is 1. The van der Waals surface area contributed by atoms with Gasteiger partial charge in [0.2, 0.25) is 0 Å². The number of rotatable bonds is 0. The van der Waals surface area contributed by atoms with E-state index in [1.54, 1.807) is 13.0 Å². The van der Waals surface area contributed by atoms with Gasteiger partial charge in [0.25, 0.3) is 11.1 Å². The Kier molecular flexibility index (Phi) is 1.80. The van der Waals surface area contributed by atoms with Crippen molar-refractivity contribution in [2.24, 2.45) is 0 Å². The van der Waals surface area contributed by atoms with E-state index in [4.69, 9.17) is 0 Å². The molecule has 2 amide bonds. The minimum Gasteiger partial charge on any atom is -0.272 e. The Morgan fingerprint density at radius 2 is 2.10 bits per heavy atom. The largest absolute Gasteiger partial charge is 0.293 e. The molecule has 0 atom stereocenters. The molecule has 0 bridgehead atoms. The second kappa shape index (κ2) is 2.46. The van der Waals surface area contributed by atoms with Crippen molar-refractivity contribution in [2.45, 2.75) is 6.92 Å². The summed E-state index contributed by atoms with van der Waals surface area (Å²) in [7, 11) is 1.48. The predicted octanol–water partition coefficient (Wildman–Crippen LogP) is 1.22. The fourth-order valence-corrected chi connectivity index (χ4v) is 1.39. The Morgan fingerprint density at radius 1 is 1.50 bits per heavy atom. The van der Waals surface area contributed by atoms with E-state index in [2.05, 4.69) is 0 Å². The molecule has 1 saturated heterocycles. The van der Waals surface area contributed by atoms with Crippen LogP contribution in [0, 0.1) is 0 Å². The summed E-state index contributed by atoms with van der Waals surface area (Å²) in [5.74, 6) is -0.197. The van der Waals surface area contributed by atoms with Crippen molar-refractivity contribution in [3.63, 3.8) is 0 Å². The maximum absolute atomic E-state index is 11.0. The minimum atomic E-state index is -0.197. The van der Waals surface area contributed by atoms with Crippen LogP contribution >= 0.6 is 11.8 Å². The molecular formula is C6H7NO2S. The molecule has 0 aliphatic carbocycles. The highest BCUT2D eigenvalue weighted by atomic mass is 32.2. The van der Waals surface area contributed by atoms with Crippen LogP contribution in [0.2, 0.25) is 0 Å². The molecule has 0 spiro atoms. The van der Waals surface area contributed by atoms with Crippen molar-refractivity contribution in [1.29, 1.82) is 0 Å². The van der Waals surface area contributed by atoms with Crippen molar-refractivity contribution < 1.29 is 9.59 Å². The Morgan fingerprint density at radius 3 is 2.30 bits per heavy atom. The van der Waals surface area contributed by atoms with Gasteiger partial charge in [-0.1, -0.05) is 6.08 Å². The third-order valence-electron chi connectivity index (χ3n) is 1.25. The zero-order valence-electron chi connectivity index (χ0n) is 5.75. The monoisotopic (exact) mass is 157 g/mol. The lowest BCUT2D eigenvalue weighted by Gasteiger charge is -2.00. The lowest BCUT2D eigenvalue weighted by Crippen LogP contribution is -2.22. The molecule has 1 rings (SSSR count). The highest BCUT2D eigenvalue weighted by Crippen LogP contribution is 2.28. The van der Waals surface area contributed by atoms with Crippen molar-refractivity contribution in [2.75, 3.05) is 7.05 Å². The maximum atomic E-state index is 11.0. The molecule has 3 nitrogen and oxygen atoms in total. The molecule has 1 aliphatic heterocycles. The molecule has 54 valence electrons. The first-order chi connectivity index (χ1) is 4.66. The number of imide groups is 1. The lowest BCUT2D eigenvalue weighted by atomic mass is 10.5. The second-order valence-electron chi connectivity index (χ2n) is 1.89. The summed E-state index contributed by atoms with van der Waals surface area (Å²) in [6.07, 6.45) is 1.65. The molecule has 10 heavy (non-hydrogen) atoms. The average Bonchev–Trinajstić information content (AvgIpc) is 2.17. The van der Waals surface area contributed by atoms with Gasteiger partial charge in [-0.25, -0.2) is 0 Å². The topological polar surface area (TPSA) is 37.4 Å². The van der Waals surface area contributed by atoms with E-state index in [9.17, 15) is 9.59 Å². The van der Waals surface area contributed by atoms with Crippen molar-refractivity contribution in [3.05, 3.63) is 11.0 Å². The SMILES string of the molecule is C/C=C1\SC(=O)N(C)C1=O. The lowest BCUT2D eigenvalue weighted by molar-refractivity contribution is -0.121. The van der Waals surface area contributed by atoms with E-state index >= 15 is 0 Å². The Hall–Kier alpha value is -0.770. The van der Waals surface area contributed by atoms with E-state index in [-0.39, 0.29) is 11.1 Å². The van der Waals surface area contributed by atoms with Crippen LogP contribution in [0.1, 0.15) is 6.92 Å². The van der Waals surface area contributed by atoms with Gasteiger partial charge < -0.3 is 0 Å². The van der Waals surface area contributed by atoms with Gasteiger partial charge >= 0.3 is 0 Å². The van der Waals surface area contributed by atoms with E-state index in [1.165, 1.54) is 7.05 Å². The number of allylic oxidation sites excluding steroid dienone is 1. The summed E-state index contributed by atoms with van der Waals surface area (Å²) >= 11 is 0.980. The Bertz CT molecular complexity index is 222. The minimum absolute atomic E-state index is 0.196. The van der Waals surface area contributed by atoms with Crippen LogP contribution in [0.15, 0.2) is 11.0 Å². The smallest absolute Gasteiger partial charge is 0.272 e. The number of likely N-dealkylation sites (N-methyl/N-ethyl adjacent to an activating group) is 1. The molecule has 0 unspecified atom stereocenters. The molecule has 0 N–H and O–H groups in total. The Balaban J connectivity index is 2.92. The second-order valence-corrected chi connectivity index (χ2v) is 2.88. The van der Waals surface area contributed by atoms with Crippen LogP contribution in [-0.4, -0.2) is 23.1 Å². The molecule has 0 aromatic rings. The third-order valence-corrected chi connectivity index (χ3v) is 2.33. The van der Waals surface area contributed by atoms with Crippen LogP contribution < -0.4 is 0 Å². The van der Waals surface area contributed by atoms with Crippen LogP contribution in [0.3, 0.4) is 0 Å². The van der Waals surface area contributed by atoms with E-state index in [1.807, 2.05) is 0 Å². The van der Waals surface area contributed by atoms with Crippen LogP contribution in [0.4, 0.5) is 4.79 Å². The summed E-state index contributed by atoms with van der Waals surface area (Å²) in [6.45, 7) is 1.74. The van der Waals surface area contributed by atoms with E-state index in [0.717, 1.165) is 16.7 Å². The van der Waals surface area contributed by atoms with Gasteiger partial charge in [0, 0.05) is 7.05 Å². The molecule has 0 radical (unpaired) electrons. The number of thioether (sulfide) groups is 1. The number of hydrogen-bond donors (Lipinski definition) is 0. The summed E-state index contributed by atoms with van der Waals surface area (Å²) in [5, 5.41) is -0.196. The summed E-state index contributed by atoms with van der Waals surface area (Å²) < 4.78 is 0. The summed E-state index contributed by atoms with van der Waals surface area (Å²) in [5.41, 5.74) is 0. The van der Waals surface area contributed by atoms with Gasteiger partial charge in [-0.3, -0.25) is 14.5 Å². The molecule has 0 saturated carbocycles. The first kappa shape index (κ1) is 7.34. The zero-order chi connectivity index (χ0) is 7.72. The summed E-state index contributed by atoms with van der Waals surface area (Å²) in [6, 6.07) is 0. The van der Waals surface area contributed by atoms with E-state index in [0.29, 0.717) is 4.91 Å². The van der Waals surface area contributed by atoms with Gasteiger partial charge in [-0.2, -0.15) is 0 Å². The molecule has 1 heterocycles. The average molecular weight is 157 g/mol. The van der Waals surface area contributed by atoms with Gasteiger partial charge in [0.15, 0.2) is 0 Å². The molecular weight excluding hydrogens is 150 g/mol. The quantitative estimate of drug-likeness (QED) is 0.496. The fourth-order valence-electron chi connectivity index (χ4n) is 0.637. The van der Waals surface area contributed by atoms with Crippen molar-refractivity contribution in [3.8, 4) is 0 Å². The maximum Gasteiger partial charge on any atom is 0.293 e. The number of carbonyl (C=O) groups is 2. The molecule has 1 aliphatic rings. The standard InChI is InChI=1S/C6H7NO2S/c1-3-4-5(8)7(2)6(9)10-4/h3H,1-2H3/b4-3-. The highest BCUT2D eigenvalue weighted by molar-refractivity contribution is 8.18. The molecule has 0 aromatic heterocycles. The highest BCUT2D eigenvalue weighted by Gasteiger charge is 2.30. The molecule has 4 heteroatoms. The van der Waals surface area contributed by atoms with E-state index < -0.39 is 0 Å². The van der Waals surface area contributed by atoms with Crippen LogP contribution in [-0.2, 0) is 4.79 Å². The normalized spacial score (nSPS) is 23.0. The van der Waals surface area contributed by atoms with Gasteiger partial charge in [0.05, 0.1) is 4.91 Å². The number of amides is 2. The van der Waals surface area contributed by atoms with Crippen LogP contribution in [0.5, 0.6) is 0 Å². The third kappa shape index (κ3) is 0.945. The van der Waals surface area contributed by atoms with Gasteiger partial charge in [-0.05, 0) is 18.7 Å². The van der Waals surface area contributed by atoms with Crippen molar-refractivity contribution in [1.82, 2.24) is 4.90 Å². The molecule has 1 fully saturated rings. The Labute approximate surface area is 63.1 Å². The molecule has 0 aromatic carbocycles. The van der Waals surface area contributed by atoms with Gasteiger partial charge in [0.1, 0.15) is 0 Å². The first-order valence-corrected chi connectivity index (χ1v) is 3.64. The number of carbonyl (C=O) groups excluding carboxylic acids is 2. The predicted molar refractivity (Wildman–Crippen MR) is 39.5 cm³/mol. The van der Waals surface area contributed by atoms with Crippen LogP contribution in [0.25, 0.3) is 0 Å². The zero-order valence-corrected chi connectivity index (χ0v) is 6.57. The van der Waals surface area contributed by atoms with Gasteiger partial charge in [-0.15, -0.1) is 0 Å².